The molecule has 4 heterocycles. The Labute approximate surface area is 311 Å². The summed E-state index contributed by atoms with van der Waals surface area (Å²) >= 11 is 0. The highest BCUT2D eigenvalue weighted by Gasteiger charge is 2.48. The number of sulfonamides is 1. The summed E-state index contributed by atoms with van der Waals surface area (Å²) in [6.45, 7) is 1.59. The Kier molecular flexibility index (Phi) is 10.6. The molecule has 3 aromatic carbocycles. The van der Waals surface area contributed by atoms with E-state index in [4.69, 9.17) is 18.9 Å². The highest BCUT2D eigenvalue weighted by atomic mass is 32.2. The van der Waals surface area contributed by atoms with Crippen LogP contribution in [0.4, 0.5) is 13.2 Å². The van der Waals surface area contributed by atoms with Gasteiger partial charge < -0.3 is 24.3 Å². The van der Waals surface area contributed by atoms with E-state index in [2.05, 4.69) is 20.5 Å². The van der Waals surface area contributed by atoms with Crippen molar-refractivity contribution >= 4 is 15.9 Å². The van der Waals surface area contributed by atoms with E-state index >= 15 is 0 Å². The van der Waals surface area contributed by atoms with E-state index in [-0.39, 0.29) is 31.9 Å². The van der Waals surface area contributed by atoms with Gasteiger partial charge >= 0.3 is 6.18 Å². The van der Waals surface area contributed by atoms with Gasteiger partial charge in [-0.05, 0) is 60.9 Å². The van der Waals surface area contributed by atoms with Crippen LogP contribution < -0.4 is 19.5 Å². The summed E-state index contributed by atoms with van der Waals surface area (Å²) in [6, 6.07) is 16.2. The van der Waals surface area contributed by atoms with Crippen molar-refractivity contribution in [1.29, 1.82) is 0 Å². The van der Waals surface area contributed by atoms with Gasteiger partial charge in [-0.3, -0.25) is 9.69 Å². The van der Waals surface area contributed by atoms with Crippen LogP contribution in [0, 0.1) is 0 Å². The fourth-order valence-electron chi connectivity index (χ4n) is 7.34. The molecule has 2 saturated heterocycles. The third kappa shape index (κ3) is 7.90. The van der Waals surface area contributed by atoms with Gasteiger partial charge in [-0.25, -0.2) is 13.1 Å². The predicted molar refractivity (Wildman–Crippen MR) is 189 cm³/mol. The van der Waals surface area contributed by atoms with Crippen LogP contribution in [0.5, 0.6) is 17.2 Å². The van der Waals surface area contributed by atoms with Crippen LogP contribution in [0.15, 0.2) is 77.8 Å². The molecule has 288 valence electrons. The Balaban J connectivity index is 1.14. The zero-order valence-corrected chi connectivity index (χ0v) is 30.6. The van der Waals surface area contributed by atoms with Gasteiger partial charge in [0.05, 0.1) is 45.3 Å². The van der Waals surface area contributed by atoms with Crippen molar-refractivity contribution in [1.82, 2.24) is 29.5 Å². The second kappa shape index (κ2) is 15.2. The van der Waals surface area contributed by atoms with E-state index < -0.39 is 50.3 Å². The van der Waals surface area contributed by atoms with Crippen LogP contribution in [-0.4, -0.2) is 96.7 Å². The molecule has 0 radical (unpaired) electrons. The molecule has 1 spiro atoms. The molecule has 3 aliphatic heterocycles. The molecule has 0 bridgehead atoms. The van der Waals surface area contributed by atoms with Gasteiger partial charge in [0.1, 0.15) is 39.6 Å². The Morgan fingerprint density at radius 1 is 1.00 bits per heavy atom. The molecule has 0 unspecified atom stereocenters. The van der Waals surface area contributed by atoms with E-state index in [9.17, 15) is 26.4 Å². The van der Waals surface area contributed by atoms with Crippen molar-refractivity contribution in [2.24, 2.45) is 0 Å². The number of ether oxygens (including phenoxy) is 4. The first-order valence-corrected chi connectivity index (χ1v) is 19.0. The summed E-state index contributed by atoms with van der Waals surface area (Å²) < 4.78 is 95.6. The lowest BCUT2D eigenvalue weighted by Crippen LogP contribution is -2.59. The van der Waals surface area contributed by atoms with Crippen molar-refractivity contribution in [3.05, 3.63) is 89.7 Å². The van der Waals surface area contributed by atoms with Crippen LogP contribution in [0.3, 0.4) is 0 Å². The van der Waals surface area contributed by atoms with Crippen molar-refractivity contribution in [3.8, 4) is 22.9 Å². The number of para-hydroxylation sites is 2. The summed E-state index contributed by atoms with van der Waals surface area (Å²) in [5.74, 6) is 0.586. The third-order valence-corrected chi connectivity index (χ3v) is 12.2. The first-order valence-electron chi connectivity index (χ1n) is 17.6. The highest BCUT2D eigenvalue weighted by molar-refractivity contribution is 7.89. The standard InChI is InChI=1S/C37H41F3N6O7S/c1-50-28-7-5-6-25(18-28)21-44-15-12-36(13-16-44)14-17-52-33-11-10-26(37(38,39)40)19-34(33)54(48,49)46-23-29(20-31(46)35(47)41-36)53-24-27-22-45(43-42-27)30-8-3-4-9-32(30)51-2/h3-11,18-19,22,29,31H,12-17,20-21,23-24H2,1-2H3,(H,41,47)/t29-,31+/m1/s1. The minimum atomic E-state index is -4.81. The number of hydrogen-bond donors (Lipinski definition) is 1. The van der Waals surface area contributed by atoms with Crippen molar-refractivity contribution in [2.75, 3.05) is 40.5 Å². The SMILES string of the molecule is COc1cccc(CN2CCC3(CCOc4ccc(C(F)(F)F)cc4S(=O)(=O)N4C[C@H](OCc5cn(-c6ccccc6OC)nn5)C[C@H]4C(=O)N3)CC2)c1. The fourth-order valence-corrected chi connectivity index (χ4v) is 9.13. The maximum atomic E-state index is 14.3. The van der Waals surface area contributed by atoms with Crippen LogP contribution in [-0.2, 0) is 38.9 Å². The summed E-state index contributed by atoms with van der Waals surface area (Å²) in [5, 5.41) is 11.5. The average Bonchev–Trinajstić information content (AvgIpc) is 3.83. The lowest BCUT2D eigenvalue weighted by Gasteiger charge is -2.43. The number of carbonyl (C=O) groups is 1. The van der Waals surface area contributed by atoms with Crippen LogP contribution in [0.2, 0.25) is 0 Å². The Morgan fingerprint density at radius 2 is 1.80 bits per heavy atom. The number of amides is 1. The Bertz CT molecular complexity index is 2090. The van der Waals surface area contributed by atoms with Crippen molar-refractivity contribution in [3.63, 3.8) is 0 Å². The number of likely N-dealkylation sites (tertiary alicyclic amines) is 1. The van der Waals surface area contributed by atoms with Crippen LogP contribution in [0.1, 0.15) is 42.5 Å². The largest absolute Gasteiger partial charge is 0.497 e. The van der Waals surface area contributed by atoms with Crippen LogP contribution >= 0.6 is 0 Å². The number of carbonyl (C=O) groups excluding carboxylic acids is 1. The summed E-state index contributed by atoms with van der Waals surface area (Å²) in [4.78, 5) is 15.9. The molecule has 1 N–H and O–H groups in total. The molecule has 7 rings (SSSR count). The number of methoxy groups -OCH3 is 2. The summed E-state index contributed by atoms with van der Waals surface area (Å²) in [7, 11) is -1.54. The van der Waals surface area contributed by atoms with E-state index in [1.807, 2.05) is 36.4 Å². The van der Waals surface area contributed by atoms with E-state index in [0.29, 0.717) is 62.1 Å². The van der Waals surface area contributed by atoms with Crippen molar-refractivity contribution in [2.45, 2.75) is 67.6 Å². The average molecular weight is 771 g/mol. The number of aromatic nitrogens is 3. The number of nitrogens with one attached hydrogen (secondary N) is 1. The lowest BCUT2D eigenvalue weighted by molar-refractivity contribution is -0.137. The molecular weight excluding hydrogens is 730 g/mol. The molecule has 0 saturated carbocycles. The fraction of sp³-hybridized carbons (Fsp3) is 0.432. The van der Waals surface area contributed by atoms with E-state index in [0.717, 1.165) is 27.8 Å². The number of nitrogens with zero attached hydrogens (tertiary/aromatic N) is 5. The molecule has 0 aliphatic carbocycles. The van der Waals surface area contributed by atoms with Gasteiger partial charge in [0, 0.05) is 44.6 Å². The predicted octanol–water partition coefficient (Wildman–Crippen LogP) is 4.59. The second-order valence-electron chi connectivity index (χ2n) is 13.7. The molecule has 4 aromatic rings. The minimum Gasteiger partial charge on any atom is -0.497 e. The summed E-state index contributed by atoms with van der Waals surface area (Å²) in [6.07, 6.45) is -2.56. The number of halogens is 3. The molecule has 2 atom stereocenters. The van der Waals surface area contributed by atoms with E-state index in [1.165, 1.54) is 11.8 Å². The molecule has 54 heavy (non-hydrogen) atoms. The van der Waals surface area contributed by atoms with Crippen LogP contribution in [0.25, 0.3) is 5.69 Å². The topological polar surface area (TPSA) is 137 Å². The normalized spacial score (nSPS) is 21.7. The maximum absolute atomic E-state index is 14.3. The first-order chi connectivity index (χ1) is 25.9. The van der Waals surface area contributed by atoms with Gasteiger partial charge in [-0.2, -0.15) is 17.5 Å². The minimum absolute atomic E-state index is 0.0179. The Hall–Kier alpha value is -4.71. The maximum Gasteiger partial charge on any atom is 0.416 e. The number of piperidine rings is 1. The zero-order valence-electron chi connectivity index (χ0n) is 29.8. The monoisotopic (exact) mass is 770 g/mol. The molecule has 3 aliphatic rings. The molecule has 2 fully saturated rings. The molecular formula is C37H41F3N6O7S. The summed E-state index contributed by atoms with van der Waals surface area (Å²) in [5.41, 5.74) is 0.272. The quantitative estimate of drug-likeness (QED) is 0.271. The molecule has 1 aromatic heterocycles. The van der Waals surface area contributed by atoms with Gasteiger partial charge in [-0.1, -0.05) is 29.5 Å². The van der Waals surface area contributed by atoms with Gasteiger partial charge in [0.15, 0.2) is 0 Å². The third-order valence-electron chi connectivity index (χ3n) is 10.3. The number of benzene rings is 3. The number of rotatable bonds is 8. The number of alkyl halides is 3. The second-order valence-corrected chi connectivity index (χ2v) is 15.6. The lowest BCUT2D eigenvalue weighted by atomic mass is 9.84. The van der Waals surface area contributed by atoms with Gasteiger partial charge in [0.2, 0.25) is 15.9 Å². The van der Waals surface area contributed by atoms with Gasteiger partial charge in [-0.15, -0.1) is 5.10 Å². The number of hydrogen-bond acceptors (Lipinski definition) is 10. The zero-order chi connectivity index (χ0) is 38.1. The molecule has 1 amide bonds. The smallest absolute Gasteiger partial charge is 0.416 e. The molecule has 17 heteroatoms. The van der Waals surface area contributed by atoms with E-state index in [1.54, 1.807) is 25.4 Å². The molecule has 13 nitrogen and oxygen atoms in total. The van der Waals surface area contributed by atoms with Gasteiger partial charge in [0.25, 0.3) is 0 Å². The highest BCUT2D eigenvalue weighted by Crippen LogP contribution is 2.39. The first kappa shape index (κ1) is 37.6. The Morgan fingerprint density at radius 3 is 2.56 bits per heavy atom. The van der Waals surface area contributed by atoms with Crippen molar-refractivity contribution < 1.29 is 45.3 Å². The number of fused-ring (bicyclic) bond motifs is 2.